The number of hydrogen-bond donors (Lipinski definition) is 1. The molecule has 6 heteroatoms. The highest BCUT2D eigenvalue weighted by Crippen LogP contribution is 2.24. The Balaban J connectivity index is 1.20. The molecule has 1 fully saturated rings. The summed E-state index contributed by atoms with van der Waals surface area (Å²) in [4.78, 5) is 15.2. The van der Waals surface area contributed by atoms with Crippen LogP contribution in [-0.4, -0.2) is 40.2 Å². The lowest BCUT2D eigenvalue weighted by molar-refractivity contribution is -0.115. The second-order valence-corrected chi connectivity index (χ2v) is 8.46. The molecule has 0 atom stereocenters. The molecule has 1 N–H and O–H groups in total. The molecule has 33 heavy (non-hydrogen) atoms. The Bertz CT molecular complexity index is 1210. The fourth-order valence-corrected chi connectivity index (χ4v) is 4.25. The maximum absolute atomic E-state index is 12.7. The second kappa shape index (κ2) is 9.88. The summed E-state index contributed by atoms with van der Waals surface area (Å²) in [7, 11) is 0. The van der Waals surface area contributed by atoms with Crippen LogP contribution < -0.4 is 10.1 Å². The average molecular weight is 441 g/mol. The molecule has 1 aromatic heterocycles. The molecule has 0 saturated carbocycles. The molecular weight excluding hydrogens is 412 g/mol. The summed E-state index contributed by atoms with van der Waals surface area (Å²) >= 11 is 0. The summed E-state index contributed by atoms with van der Waals surface area (Å²) in [5.41, 5.74) is 2.63. The zero-order valence-electron chi connectivity index (χ0n) is 18.6. The van der Waals surface area contributed by atoms with Gasteiger partial charge >= 0.3 is 0 Å². The minimum atomic E-state index is -0.0518. The van der Waals surface area contributed by atoms with E-state index in [9.17, 15) is 4.79 Å². The molecule has 2 heterocycles. The van der Waals surface area contributed by atoms with E-state index in [0.717, 1.165) is 46.7 Å². The SMILES string of the molecule is O=C(Cc1ccc(Oc2ccccc2)cc1)Nc1cccc2nn(CCN3CCCC3)cc12. The van der Waals surface area contributed by atoms with Crippen molar-refractivity contribution in [1.82, 2.24) is 14.7 Å². The molecule has 1 saturated heterocycles. The molecule has 3 aromatic carbocycles. The number of rotatable bonds is 8. The number of anilines is 1. The highest BCUT2D eigenvalue weighted by Gasteiger charge is 2.13. The zero-order valence-corrected chi connectivity index (χ0v) is 18.6. The van der Waals surface area contributed by atoms with Crippen LogP contribution in [0.5, 0.6) is 11.5 Å². The normalized spacial score (nSPS) is 13.9. The van der Waals surface area contributed by atoms with Crippen molar-refractivity contribution in [2.45, 2.75) is 25.8 Å². The molecule has 0 aliphatic carbocycles. The third-order valence-corrected chi connectivity index (χ3v) is 5.98. The first-order chi connectivity index (χ1) is 16.2. The van der Waals surface area contributed by atoms with Gasteiger partial charge in [0.2, 0.25) is 5.91 Å². The number of aromatic nitrogens is 2. The standard InChI is InChI=1S/C27H28N4O2/c32-27(19-21-11-13-23(14-12-21)33-22-7-2-1-3-8-22)28-25-9-6-10-26-24(25)20-31(29-26)18-17-30-15-4-5-16-30/h1-3,6-14,20H,4-5,15-19H2,(H,28,32). The molecule has 1 amide bonds. The van der Waals surface area contributed by atoms with Gasteiger partial charge in [0.1, 0.15) is 11.5 Å². The van der Waals surface area contributed by atoms with Gasteiger partial charge in [0, 0.05) is 18.1 Å². The molecule has 0 bridgehead atoms. The number of nitrogens with one attached hydrogen (secondary N) is 1. The van der Waals surface area contributed by atoms with Crippen LogP contribution in [0.25, 0.3) is 10.9 Å². The molecule has 5 rings (SSSR count). The number of para-hydroxylation sites is 1. The number of nitrogens with zero attached hydrogens (tertiary/aromatic N) is 3. The van der Waals surface area contributed by atoms with Gasteiger partial charge in [-0.2, -0.15) is 5.10 Å². The van der Waals surface area contributed by atoms with Crippen molar-refractivity contribution in [1.29, 1.82) is 0 Å². The number of carbonyl (C=O) groups excluding carboxylic acids is 1. The van der Waals surface area contributed by atoms with Crippen molar-refractivity contribution >= 4 is 22.5 Å². The molecule has 0 unspecified atom stereocenters. The summed E-state index contributed by atoms with van der Waals surface area (Å²) in [5.74, 6) is 1.48. The van der Waals surface area contributed by atoms with Gasteiger partial charge in [-0.15, -0.1) is 0 Å². The van der Waals surface area contributed by atoms with Gasteiger partial charge in [0.15, 0.2) is 0 Å². The van der Waals surface area contributed by atoms with E-state index in [2.05, 4.69) is 10.2 Å². The van der Waals surface area contributed by atoms with E-state index in [1.807, 2.05) is 83.7 Å². The minimum Gasteiger partial charge on any atom is -0.457 e. The summed E-state index contributed by atoms with van der Waals surface area (Å²) in [6.45, 7) is 4.24. The number of ether oxygens (including phenoxy) is 1. The number of carbonyl (C=O) groups is 1. The predicted molar refractivity (Wildman–Crippen MR) is 131 cm³/mol. The summed E-state index contributed by atoms with van der Waals surface area (Å²) in [6, 6.07) is 23.1. The van der Waals surface area contributed by atoms with E-state index >= 15 is 0 Å². The Kier molecular flexibility index (Phi) is 6.35. The van der Waals surface area contributed by atoms with E-state index in [1.165, 1.54) is 25.9 Å². The lowest BCUT2D eigenvalue weighted by Gasteiger charge is -2.13. The summed E-state index contributed by atoms with van der Waals surface area (Å²) in [5, 5.41) is 8.73. The number of fused-ring (bicyclic) bond motifs is 1. The Hall–Kier alpha value is -3.64. The number of hydrogen-bond acceptors (Lipinski definition) is 4. The number of likely N-dealkylation sites (tertiary alicyclic amines) is 1. The minimum absolute atomic E-state index is 0.0518. The van der Waals surface area contributed by atoms with Gasteiger partial charge < -0.3 is 15.0 Å². The summed E-state index contributed by atoms with van der Waals surface area (Å²) in [6.07, 6.45) is 4.92. The molecule has 4 aromatic rings. The van der Waals surface area contributed by atoms with Crippen LogP contribution in [0, 0.1) is 0 Å². The van der Waals surface area contributed by atoms with Crippen molar-refractivity contribution in [2.75, 3.05) is 25.0 Å². The van der Waals surface area contributed by atoms with Crippen LogP contribution in [0.4, 0.5) is 5.69 Å². The van der Waals surface area contributed by atoms with Crippen molar-refractivity contribution < 1.29 is 9.53 Å². The molecule has 168 valence electrons. The van der Waals surface area contributed by atoms with Crippen LogP contribution >= 0.6 is 0 Å². The fourth-order valence-electron chi connectivity index (χ4n) is 4.25. The maximum Gasteiger partial charge on any atom is 0.228 e. The molecular formula is C27H28N4O2. The first-order valence-electron chi connectivity index (χ1n) is 11.5. The monoisotopic (exact) mass is 440 g/mol. The fraction of sp³-hybridized carbons (Fsp3) is 0.259. The molecule has 0 radical (unpaired) electrons. The van der Waals surface area contributed by atoms with Gasteiger partial charge in [-0.1, -0.05) is 36.4 Å². The molecule has 6 nitrogen and oxygen atoms in total. The molecule has 0 spiro atoms. The van der Waals surface area contributed by atoms with E-state index in [-0.39, 0.29) is 5.91 Å². The average Bonchev–Trinajstić information content (AvgIpc) is 3.50. The molecule has 1 aliphatic rings. The van der Waals surface area contributed by atoms with Crippen LogP contribution in [0.3, 0.4) is 0 Å². The van der Waals surface area contributed by atoms with Crippen LogP contribution in [0.1, 0.15) is 18.4 Å². The van der Waals surface area contributed by atoms with Crippen molar-refractivity contribution in [3.05, 3.63) is 84.6 Å². The first-order valence-corrected chi connectivity index (χ1v) is 11.5. The molecule has 1 aliphatic heterocycles. The third-order valence-electron chi connectivity index (χ3n) is 5.98. The Morgan fingerprint density at radius 3 is 2.42 bits per heavy atom. The van der Waals surface area contributed by atoms with Crippen molar-refractivity contribution in [3.63, 3.8) is 0 Å². The number of amides is 1. The van der Waals surface area contributed by atoms with Crippen LogP contribution in [-0.2, 0) is 17.8 Å². The predicted octanol–water partition coefficient (Wildman–Crippen LogP) is 5.11. The summed E-state index contributed by atoms with van der Waals surface area (Å²) < 4.78 is 7.81. The highest BCUT2D eigenvalue weighted by atomic mass is 16.5. The van der Waals surface area contributed by atoms with Gasteiger partial charge in [-0.05, 0) is 67.9 Å². The highest BCUT2D eigenvalue weighted by molar-refractivity contribution is 6.01. The van der Waals surface area contributed by atoms with E-state index < -0.39 is 0 Å². The third kappa shape index (κ3) is 5.41. The van der Waals surface area contributed by atoms with Gasteiger partial charge in [-0.25, -0.2) is 0 Å². The van der Waals surface area contributed by atoms with Gasteiger partial charge in [0.05, 0.1) is 24.2 Å². The largest absolute Gasteiger partial charge is 0.457 e. The first kappa shape index (κ1) is 21.2. The maximum atomic E-state index is 12.7. The van der Waals surface area contributed by atoms with Crippen LogP contribution in [0.2, 0.25) is 0 Å². The van der Waals surface area contributed by atoms with Gasteiger partial charge in [-0.3, -0.25) is 9.48 Å². The van der Waals surface area contributed by atoms with Crippen LogP contribution in [0.15, 0.2) is 79.0 Å². The Morgan fingerprint density at radius 1 is 0.879 bits per heavy atom. The Labute approximate surface area is 193 Å². The van der Waals surface area contributed by atoms with E-state index in [0.29, 0.717) is 6.42 Å². The Morgan fingerprint density at radius 2 is 1.64 bits per heavy atom. The van der Waals surface area contributed by atoms with Gasteiger partial charge in [0.25, 0.3) is 0 Å². The lowest BCUT2D eigenvalue weighted by Crippen LogP contribution is -2.24. The van der Waals surface area contributed by atoms with E-state index in [1.54, 1.807) is 0 Å². The quantitative estimate of drug-likeness (QED) is 0.414. The number of benzene rings is 3. The van der Waals surface area contributed by atoms with E-state index in [4.69, 9.17) is 9.84 Å². The zero-order chi connectivity index (χ0) is 22.5. The second-order valence-electron chi connectivity index (χ2n) is 8.46. The topological polar surface area (TPSA) is 59.4 Å². The smallest absolute Gasteiger partial charge is 0.228 e. The lowest BCUT2D eigenvalue weighted by atomic mass is 10.1. The van der Waals surface area contributed by atoms with Crippen molar-refractivity contribution in [2.24, 2.45) is 0 Å². The van der Waals surface area contributed by atoms with Crippen molar-refractivity contribution in [3.8, 4) is 11.5 Å².